The smallest absolute Gasteiger partial charge is 0.310 e. The first-order valence-electron chi connectivity index (χ1n) is 8.06. The van der Waals surface area contributed by atoms with E-state index in [1.807, 2.05) is 0 Å². The van der Waals surface area contributed by atoms with Gasteiger partial charge in [0.05, 0.1) is 11.1 Å². The third kappa shape index (κ3) is 4.97. The number of nitrogens with zero attached hydrogens (tertiary/aromatic N) is 1. The van der Waals surface area contributed by atoms with Crippen LogP contribution in [-0.4, -0.2) is 0 Å². The van der Waals surface area contributed by atoms with E-state index in [0.29, 0.717) is 33.6 Å². The van der Waals surface area contributed by atoms with Crippen LogP contribution in [0.5, 0.6) is 0 Å². The van der Waals surface area contributed by atoms with Gasteiger partial charge in [-0.25, -0.2) is 0 Å². The fraction of sp³-hybridized carbons (Fsp3) is 0.100. The van der Waals surface area contributed by atoms with Gasteiger partial charge in [-0.1, -0.05) is 23.2 Å². The summed E-state index contributed by atoms with van der Waals surface area (Å²) in [6.07, 6.45) is -9.91. The molecule has 0 atom stereocenters. The van der Waals surface area contributed by atoms with Crippen molar-refractivity contribution in [3.8, 4) is 0 Å². The molecule has 0 saturated carbocycles. The third-order valence-electron chi connectivity index (χ3n) is 4.00. The molecule has 9 heteroatoms. The minimum atomic E-state index is -4.96. The summed E-state index contributed by atoms with van der Waals surface area (Å²) in [6, 6.07) is 13.3. The maximum atomic E-state index is 13.3. The van der Waals surface area contributed by atoms with Gasteiger partial charge in [-0.15, -0.1) is 0 Å². The highest BCUT2D eigenvalue weighted by molar-refractivity contribution is 6.31. The number of anilines is 3. The Morgan fingerprint density at radius 2 is 0.862 bits per heavy atom. The van der Waals surface area contributed by atoms with E-state index in [9.17, 15) is 26.3 Å². The summed E-state index contributed by atoms with van der Waals surface area (Å²) in [4.78, 5) is 1.26. The normalized spacial score (nSPS) is 12.1. The van der Waals surface area contributed by atoms with Crippen molar-refractivity contribution < 1.29 is 26.3 Å². The lowest BCUT2D eigenvalue weighted by atomic mass is 10.1. The van der Waals surface area contributed by atoms with Crippen LogP contribution in [0.15, 0.2) is 66.7 Å². The van der Waals surface area contributed by atoms with Crippen LogP contribution < -0.4 is 4.90 Å². The van der Waals surface area contributed by atoms with Crippen molar-refractivity contribution in [1.29, 1.82) is 0 Å². The van der Waals surface area contributed by atoms with Crippen molar-refractivity contribution in [2.75, 3.05) is 4.90 Å². The largest absolute Gasteiger partial charge is 0.416 e. The number of halogens is 8. The Labute approximate surface area is 172 Å². The highest BCUT2D eigenvalue weighted by atomic mass is 35.5. The Hall–Kier alpha value is -2.38. The van der Waals surface area contributed by atoms with Gasteiger partial charge in [0.2, 0.25) is 0 Å². The molecule has 1 nitrogen and oxygen atoms in total. The van der Waals surface area contributed by atoms with Gasteiger partial charge in [0, 0.05) is 27.1 Å². The molecular formula is C20H11Cl2F6N. The monoisotopic (exact) mass is 449 g/mol. The first-order chi connectivity index (χ1) is 13.4. The predicted octanol–water partition coefficient (Wildman–Crippen LogP) is 8.50. The van der Waals surface area contributed by atoms with Gasteiger partial charge in [-0.2, -0.15) is 26.3 Å². The van der Waals surface area contributed by atoms with Crippen molar-refractivity contribution in [2.45, 2.75) is 12.4 Å². The Bertz CT molecular complexity index is 918. The van der Waals surface area contributed by atoms with Crippen LogP contribution in [0.3, 0.4) is 0 Å². The quantitative estimate of drug-likeness (QED) is 0.362. The van der Waals surface area contributed by atoms with Crippen molar-refractivity contribution in [1.82, 2.24) is 0 Å². The lowest BCUT2D eigenvalue weighted by Crippen LogP contribution is -2.15. The van der Waals surface area contributed by atoms with E-state index in [4.69, 9.17) is 23.2 Å². The van der Waals surface area contributed by atoms with Gasteiger partial charge in [0.25, 0.3) is 0 Å². The van der Waals surface area contributed by atoms with Gasteiger partial charge in [0.1, 0.15) is 0 Å². The molecule has 0 amide bonds. The number of hydrogen-bond donors (Lipinski definition) is 0. The maximum Gasteiger partial charge on any atom is 0.416 e. The summed E-state index contributed by atoms with van der Waals surface area (Å²) in [6.45, 7) is 0. The first-order valence-corrected chi connectivity index (χ1v) is 8.81. The molecule has 3 aromatic carbocycles. The summed E-state index contributed by atoms with van der Waals surface area (Å²) in [5.41, 5.74) is -2.48. The summed E-state index contributed by atoms with van der Waals surface area (Å²) in [5.74, 6) is 0. The van der Waals surface area contributed by atoms with E-state index in [1.165, 1.54) is 53.4 Å². The highest BCUT2D eigenvalue weighted by Crippen LogP contribution is 2.42. The second-order valence-electron chi connectivity index (χ2n) is 6.05. The molecule has 0 aliphatic rings. The molecule has 0 aliphatic carbocycles. The summed E-state index contributed by atoms with van der Waals surface area (Å²) < 4.78 is 79.7. The first kappa shape index (κ1) is 21.3. The Kier molecular flexibility index (Phi) is 5.74. The molecule has 0 saturated heterocycles. The van der Waals surface area contributed by atoms with E-state index >= 15 is 0 Å². The number of benzene rings is 3. The number of hydrogen-bond acceptors (Lipinski definition) is 1. The van der Waals surface area contributed by atoms with E-state index in [-0.39, 0.29) is 11.8 Å². The van der Waals surface area contributed by atoms with E-state index < -0.39 is 23.5 Å². The molecule has 0 N–H and O–H groups in total. The molecule has 152 valence electrons. The molecule has 0 bridgehead atoms. The van der Waals surface area contributed by atoms with Crippen LogP contribution in [0.2, 0.25) is 10.0 Å². The van der Waals surface area contributed by atoms with Crippen LogP contribution in [-0.2, 0) is 12.4 Å². The molecule has 0 aromatic heterocycles. The van der Waals surface area contributed by atoms with Crippen LogP contribution in [0, 0.1) is 0 Å². The van der Waals surface area contributed by atoms with Crippen LogP contribution in [0.25, 0.3) is 0 Å². The van der Waals surface area contributed by atoms with E-state index in [2.05, 4.69) is 0 Å². The second kappa shape index (κ2) is 7.80. The molecule has 0 heterocycles. The SMILES string of the molecule is FC(F)(F)c1cc(N(c2ccc(Cl)cc2)c2ccc(Cl)cc2)cc(C(F)(F)F)c1. The lowest BCUT2D eigenvalue weighted by molar-refractivity contribution is -0.143. The number of alkyl halides is 6. The molecule has 29 heavy (non-hydrogen) atoms. The Balaban J connectivity index is 2.27. The number of rotatable bonds is 3. The molecule has 0 aliphatic heterocycles. The van der Waals surface area contributed by atoms with Crippen LogP contribution in [0.4, 0.5) is 43.4 Å². The summed E-state index contributed by atoms with van der Waals surface area (Å²) >= 11 is 11.7. The Morgan fingerprint density at radius 3 is 1.17 bits per heavy atom. The molecule has 0 fully saturated rings. The van der Waals surface area contributed by atoms with Crippen LogP contribution >= 0.6 is 23.2 Å². The van der Waals surface area contributed by atoms with Crippen molar-refractivity contribution in [2.24, 2.45) is 0 Å². The van der Waals surface area contributed by atoms with E-state index in [1.54, 1.807) is 0 Å². The van der Waals surface area contributed by atoms with Gasteiger partial charge in [0.15, 0.2) is 0 Å². The zero-order valence-corrected chi connectivity index (χ0v) is 15.8. The van der Waals surface area contributed by atoms with Crippen molar-refractivity contribution >= 4 is 40.3 Å². The van der Waals surface area contributed by atoms with Crippen molar-refractivity contribution in [3.63, 3.8) is 0 Å². The van der Waals surface area contributed by atoms with Gasteiger partial charge in [-0.05, 0) is 66.7 Å². The van der Waals surface area contributed by atoms with E-state index in [0.717, 1.165) is 0 Å². The topological polar surface area (TPSA) is 3.24 Å². The fourth-order valence-electron chi connectivity index (χ4n) is 2.70. The standard InChI is InChI=1S/C20H11Cl2F6N/c21-14-1-5-16(6-2-14)29(17-7-3-15(22)4-8-17)18-10-12(19(23,24)25)9-13(11-18)20(26,27)28/h1-11H. The molecule has 3 aromatic rings. The third-order valence-corrected chi connectivity index (χ3v) is 4.50. The maximum absolute atomic E-state index is 13.3. The Morgan fingerprint density at radius 1 is 0.517 bits per heavy atom. The molecule has 0 unspecified atom stereocenters. The molecule has 3 rings (SSSR count). The predicted molar refractivity (Wildman–Crippen MR) is 101 cm³/mol. The molecular weight excluding hydrogens is 439 g/mol. The average Bonchev–Trinajstić information content (AvgIpc) is 2.63. The second-order valence-corrected chi connectivity index (χ2v) is 6.93. The molecule has 0 spiro atoms. The van der Waals surface area contributed by atoms with Crippen LogP contribution in [0.1, 0.15) is 11.1 Å². The summed E-state index contributed by atoms with van der Waals surface area (Å²) in [5, 5.41) is 0.731. The highest BCUT2D eigenvalue weighted by Gasteiger charge is 2.37. The van der Waals surface area contributed by atoms with Gasteiger partial charge in [-0.3, -0.25) is 0 Å². The zero-order chi connectivity index (χ0) is 21.4. The fourth-order valence-corrected chi connectivity index (χ4v) is 2.95. The zero-order valence-electron chi connectivity index (χ0n) is 14.3. The minimum Gasteiger partial charge on any atom is -0.310 e. The minimum absolute atomic E-state index is 0.0887. The lowest BCUT2D eigenvalue weighted by Gasteiger charge is -2.27. The summed E-state index contributed by atoms with van der Waals surface area (Å²) in [7, 11) is 0. The van der Waals surface area contributed by atoms with Gasteiger partial charge < -0.3 is 4.90 Å². The average molecular weight is 450 g/mol. The van der Waals surface area contributed by atoms with Gasteiger partial charge >= 0.3 is 12.4 Å². The van der Waals surface area contributed by atoms with Crippen molar-refractivity contribution in [3.05, 3.63) is 87.9 Å². The molecule has 0 radical (unpaired) electrons.